The number of fused-ring (bicyclic) bond motifs is 6. The van der Waals surface area contributed by atoms with Gasteiger partial charge >= 0.3 is 0 Å². The molecule has 0 aromatic heterocycles. The first-order valence-electron chi connectivity index (χ1n) is 13.6. The summed E-state index contributed by atoms with van der Waals surface area (Å²) in [5.41, 5.74) is -1.39. The summed E-state index contributed by atoms with van der Waals surface area (Å²) in [5, 5.41) is 26.2. The lowest BCUT2D eigenvalue weighted by Crippen LogP contribution is -2.62. The van der Waals surface area contributed by atoms with Gasteiger partial charge in [-0.1, -0.05) is 68.8 Å². The fourth-order valence-corrected chi connectivity index (χ4v) is 9.85. The number of Topliss-reactive ketones (excluding diaryl/α,β-unsaturated/α-hetero) is 1. The third kappa shape index (κ3) is 3.50. The van der Waals surface area contributed by atoms with Crippen molar-refractivity contribution in [3.05, 3.63) is 66.3 Å². The Kier molecular flexibility index (Phi) is 5.87. The Balaban J connectivity index is 1.29. The van der Waals surface area contributed by atoms with Gasteiger partial charge in [0.15, 0.2) is 11.6 Å². The van der Waals surface area contributed by atoms with Gasteiger partial charge in [-0.05, 0) is 72.4 Å². The highest BCUT2D eigenvalue weighted by Crippen LogP contribution is 2.68. The van der Waals surface area contributed by atoms with Gasteiger partial charge in [-0.15, -0.1) is 11.8 Å². The van der Waals surface area contributed by atoms with Crippen LogP contribution in [0.5, 0.6) is 0 Å². The summed E-state index contributed by atoms with van der Waals surface area (Å²) in [6, 6.07) is 14.3. The van der Waals surface area contributed by atoms with Crippen molar-refractivity contribution in [3.8, 4) is 0 Å². The van der Waals surface area contributed by atoms with E-state index in [1.807, 2.05) is 37.3 Å². The monoisotopic (exact) mass is 516 g/mol. The maximum absolute atomic E-state index is 13.9. The Morgan fingerprint density at radius 3 is 2.70 bits per heavy atom. The van der Waals surface area contributed by atoms with Gasteiger partial charge in [-0.25, -0.2) is 0 Å². The molecule has 3 fully saturated rings. The number of aliphatic hydroxyl groups is 2. The first-order valence-corrected chi connectivity index (χ1v) is 14.6. The van der Waals surface area contributed by atoms with E-state index in [2.05, 4.69) is 32.0 Å². The molecule has 2 aromatic rings. The SMILES string of the molecule is C[C@@H]1CC2C3CCC4=CC(=O)C=CC4(C)C3C(O)CC2(C)[C@@]1(O)C(=O)CSc1cccc2ccccc12. The zero-order valence-corrected chi connectivity index (χ0v) is 22.6. The number of carbonyl (C=O) groups excluding carboxylic acids is 2. The van der Waals surface area contributed by atoms with Crippen molar-refractivity contribution in [2.24, 2.45) is 34.5 Å². The average Bonchev–Trinajstić information content (AvgIpc) is 3.08. The number of thioether (sulfide) groups is 1. The minimum absolute atomic E-state index is 0.00960. The highest BCUT2D eigenvalue weighted by molar-refractivity contribution is 8.00. The summed E-state index contributed by atoms with van der Waals surface area (Å²) < 4.78 is 0. The molecule has 0 saturated heterocycles. The summed E-state index contributed by atoms with van der Waals surface area (Å²) >= 11 is 1.50. The van der Waals surface area contributed by atoms with Crippen LogP contribution in [0.25, 0.3) is 10.8 Å². The number of allylic oxidation sites excluding steroid dienone is 4. The van der Waals surface area contributed by atoms with Crippen LogP contribution in [0.4, 0.5) is 0 Å². The standard InChI is InChI=1S/C32H36O4S/c1-19-15-25-24-12-11-21-16-22(33)13-14-30(21,2)29(24)26(34)17-31(25,3)32(19,36)28(35)18-37-27-10-6-8-20-7-4-5-9-23(20)27/h4-10,13-14,16,19,24-26,29,34,36H,11-12,15,17-18H2,1-3H3/t19-,24?,25?,26?,29?,30?,31?,32+/m1/s1. The lowest BCUT2D eigenvalue weighted by atomic mass is 9.46. The van der Waals surface area contributed by atoms with Crippen molar-refractivity contribution < 1.29 is 19.8 Å². The molecule has 4 aliphatic rings. The Bertz CT molecular complexity index is 1340. The minimum atomic E-state index is -1.48. The minimum Gasteiger partial charge on any atom is -0.393 e. The van der Waals surface area contributed by atoms with Crippen molar-refractivity contribution in [2.45, 2.75) is 63.1 Å². The number of hydrogen-bond donors (Lipinski definition) is 2. The number of benzene rings is 2. The van der Waals surface area contributed by atoms with E-state index in [0.717, 1.165) is 40.5 Å². The summed E-state index contributed by atoms with van der Waals surface area (Å²) in [4.78, 5) is 27.1. The van der Waals surface area contributed by atoms with E-state index in [4.69, 9.17) is 0 Å². The average molecular weight is 517 g/mol. The second-order valence-electron chi connectivity index (χ2n) is 12.3. The number of aliphatic hydroxyl groups excluding tert-OH is 1. The fourth-order valence-electron chi connectivity index (χ4n) is 8.83. The molecule has 0 amide bonds. The molecule has 4 aliphatic carbocycles. The van der Waals surface area contributed by atoms with Gasteiger partial charge in [0, 0.05) is 21.6 Å². The first kappa shape index (κ1) is 25.1. The van der Waals surface area contributed by atoms with Crippen molar-refractivity contribution in [2.75, 3.05) is 5.75 Å². The maximum atomic E-state index is 13.9. The van der Waals surface area contributed by atoms with Gasteiger partial charge in [0.25, 0.3) is 0 Å². The van der Waals surface area contributed by atoms with Crippen molar-refractivity contribution in [3.63, 3.8) is 0 Å². The van der Waals surface area contributed by atoms with E-state index in [-0.39, 0.29) is 46.4 Å². The second kappa shape index (κ2) is 8.65. The molecule has 2 N–H and O–H groups in total. The van der Waals surface area contributed by atoms with Crippen molar-refractivity contribution in [1.29, 1.82) is 0 Å². The van der Waals surface area contributed by atoms with Gasteiger partial charge < -0.3 is 10.2 Å². The molecule has 4 nitrogen and oxygen atoms in total. The second-order valence-corrected chi connectivity index (χ2v) is 13.3. The molecule has 6 unspecified atom stereocenters. The Morgan fingerprint density at radius 1 is 1.14 bits per heavy atom. The van der Waals surface area contributed by atoms with E-state index >= 15 is 0 Å². The molecule has 0 heterocycles. The molecule has 3 saturated carbocycles. The van der Waals surface area contributed by atoms with Crippen LogP contribution in [-0.4, -0.2) is 39.2 Å². The lowest BCUT2D eigenvalue weighted by Gasteiger charge is -2.59. The van der Waals surface area contributed by atoms with Gasteiger partial charge in [0.1, 0.15) is 5.60 Å². The predicted octanol–water partition coefficient (Wildman–Crippen LogP) is 5.76. The molecule has 0 spiro atoms. The van der Waals surface area contributed by atoms with E-state index in [1.165, 1.54) is 11.8 Å². The van der Waals surface area contributed by atoms with Gasteiger partial charge in [0.05, 0.1) is 11.9 Å². The zero-order chi connectivity index (χ0) is 26.2. The predicted molar refractivity (Wildman–Crippen MR) is 147 cm³/mol. The van der Waals surface area contributed by atoms with Crippen LogP contribution in [0, 0.1) is 34.5 Å². The van der Waals surface area contributed by atoms with Crippen molar-refractivity contribution in [1.82, 2.24) is 0 Å². The number of carbonyl (C=O) groups is 2. The van der Waals surface area contributed by atoms with E-state index in [0.29, 0.717) is 6.42 Å². The number of rotatable bonds is 4. The Morgan fingerprint density at radius 2 is 1.89 bits per heavy atom. The fraction of sp³-hybridized carbons (Fsp3) is 0.500. The van der Waals surface area contributed by atoms with Crippen LogP contribution in [0.3, 0.4) is 0 Å². The van der Waals surface area contributed by atoms with Crippen LogP contribution in [-0.2, 0) is 9.59 Å². The van der Waals surface area contributed by atoms with Crippen LogP contribution < -0.4 is 0 Å². The highest BCUT2D eigenvalue weighted by atomic mass is 32.2. The smallest absolute Gasteiger partial charge is 0.178 e. The van der Waals surface area contributed by atoms with Crippen LogP contribution in [0.1, 0.15) is 46.5 Å². The molecule has 0 bridgehead atoms. The van der Waals surface area contributed by atoms with Gasteiger partial charge in [-0.3, -0.25) is 9.59 Å². The molecular weight excluding hydrogens is 480 g/mol. The third-order valence-electron chi connectivity index (χ3n) is 10.6. The highest BCUT2D eigenvalue weighted by Gasteiger charge is 2.70. The molecule has 2 aromatic carbocycles. The van der Waals surface area contributed by atoms with Crippen LogP contribution >= 0.6 is 11.8 Å². The maximum Gasteiger partial charge on any atom is 0.178 e. The van der Waals surface area contributed by atoms with E-state index in [9.17, 15) is 19.8 Å². The lowest BCUT2D eigenvalue weighted by molar-refractivity contribution is -0.179. The summed E-state index contributed by atoms with van der Waals surface area (Å²) in [6.45, 7) is 6.22. The molecular formula is C32H36O4S. The van der Waals surface area contributed by atoms with Crippen LogP contribution in [0.15, 0.2) is 71.2 Å². The number of hydrogen-bond acceptors (Lipinski definition) is 5. The molecule has 0 aliphatic heterocycles. The molecule has 5 heteroatoms. The first-order chi connectivity index (χ1) is 17.6. The van der Waals surface area contributed by atoms with Gasteiger partial charge in [-0.2, -0.15) is 0 Å². The summed E-state index contributed by atoms with van der Waals surface area (Å²) in [6.07, 6.45) is 7.65. The molecule has 0 radical (unpaired) electrons. The van der Waals surface area contributed by atoms with Crippen LogP contribution in [0.2, 0.25) is 0 Å². The Labute approximate surface area is 223 Å². The molecule has 6 rings (SSSR count). The van der Waals surface area contributed by atoms with E-state index < -0.39 is 17.1 Å². The Hall–Kier alpha value is -2.21. The molecule has 8 atom stereocenters. The summed E-state index contributed by atoms with van der Waals surface area (Å²) in [5.74, 6) is 0.266. The largest absolute Gasteiger partial charge is 0.393 e. The zero-order valence-electron chi connectivity index (χ0n) is 21.8. The quantitative estimate of drug-likeness (QED) is 0.506. The van der Waals surface area contributed by atoms with Crippen molar-refractivity contribution >= 4 is 34.1 Å². The van der Waals surface area contributed by atoms with E-state index in [1.54, 1.807) is 12.2 Å². The molecule has 37 heavy (non-hydrogen) atoms. The normalized spacial score (nSPS) is 40.6. The topological polar surface area (TPSA) is 74.6 Å². The number of ketones is 2. The third-order valence-corrected chi connectivity index (χ3v) is 11.7. The van der Waals surface area contributed by atoms with Gasteiger partial charge in [0.2, 0.25) is 0 Å². The summed E-state index contributed by atoms with van der Waals surface area (Å²) in [7, 11) is 0. The molecule has 194 valence electrons.